The first-order valence-corrected chi connectivity index (χ1v) is 11.9. The van der Waals surface area contributed by atoms with Gasteiger partial charge in [-0.1, -0.05) is 36.7 Å². The molecule has 1 aliphatic carbocycles. The molecule has 162 valence electrons. The highest BCUT2D eigenvalue weighted by atomic mass is 32.2. The van der Waals surface area contributed by atoms with E-state index in [0.29, 0.717) is 15.4 Å². The van der Waals surface area contributed by atoms with Crippen LogP contribution in [0.5, 0.6) is 0 Å². The van der Waals surface area contributed by atoms with Crippen molar-refractivity contribution in [2.45, 2.75) is 50.7 Å². The number of hydrogen-bond acceptors (Lipinski definition) is 7. The molecule has 0 radical (unpaired) electrons. The molecular formula is C21H22N4O4S2. The predicted molar refractivity (Wildman–Crippen MR) is 123 cm³/mol. The number of benzene rings is 1. The Balaban J connectivity index is 1.62. The normalized spacial score (nSPS) is 14.3. The number of carbonyl (C=O) groups is 1. The lowest BCUT2D eigenvalue weighted by molar-refractivity contribution is -0.383. The average Bonchev–Trinajstić information content (AvgIpc) is 3.35. The smallest absolute Gasteiger partial charge is 0.292 e. The number of thiophene rings is 1. The Kier molecular flexibility index (Phi) is 6.10. The van der Waals surface area contributed by atoms with Gasteiger partial charge in [0.15, 0.2) is 5.16 Å². The number of aromatic nitrogens is 2. The molecule has 0 bridgehead atoms. The summed E-state index contributed by atoms with van der Waals surface area (Å²) in [6.45, 7) is 3.93. The van der Waals surface area contributed by atoms with Crippen molar-refractivity contribution in [3.63, 3.8) is 0 Å². The number of nitro groups is 1. The van der Waals surface area contributed by atoms with E-state index in [9.17, 15) is 19.7 Å². The molecule has 1 amide bonds. The number of hydrogen-bond donors (Lipinski definition) is 1. The van der Waals surface area contributed by atoms with E-state index < -0.39 is 4.92 Å². The molecule has 10 heteroatoms. The second-order valence-corrected chi connectivity index (χ2v) is 9.73. The summed E-state index contributed by atoms with van der Waals surface area (Å²) in [6.07, 6.45) is 3.98. The number of rotatable bonds is 6. The van der Waals surface area contributed by atoms with Crippen LogP contribution in [0.15, 0.2) is 34.2 Å². The lowest BCUT2D eigenvalue weighted by atomic mass is 10.2. The zero-order valence-corrected chi connectivity index (χ0v) is 18.8. The van der Waals surface area contributed by atoms with Crippen molar-refractivity contribution in [3.05, 3.63) is 55.2 Å². The van der Waals surface area contributed by atoms with Gasteiger partial charge in [-0.3, -0.25) is 24.3 Å². The molecule has 4 rings (SSSR count). The summed E-state index contributed by atoms with van der Waals surface area (Å²) in [5.74, 6) is -0.384. The average molecular weight is 459 g/mol. The first kappa shape index (κ1) is 21.5. The second kappa shape index (κ2) is 8.80. The lowest BCUT2D eigenvalue weighted by Gasteiger charge is -2.18. The number of fused-ring (bicyclic) bond motifs is 1. The molecule has 2 aromatic heterocycles. The second-order valence-electron chi connectivity index (χ2n) is 7.58. The number of nitrogens with zero attached hydrogens (tertiary/aromatic N) is 3. The van der Waals surface area contributed by atoms with Crippen LogP contribution in [0.2, 0.25) is 0 Å². The molecule has 0 spiro atoms. The molecule has 1 fully saturated rings. The molecule has 0 saturated heterocycles. The monoisotopic (exact) mass is 458 g/mol. The van der Waals surface area contributed by atoms with Crippen molar-refractivity contribution >= 4 is 50.6 Å². The zero-order chi connectivity index (χ0) is 22.1. The summed E-state index contributed by atoms with van der Waals surface area (Å²) < 4.78 is 1.76. The Hall–Kier alpha value is -2.72. The minimum atomic E-state index is -0.530. The van der Waals surface area contributed by atoms with Gasteiger partial charge >= 0.3 is 0 Å². The number of thioether (sulfide) groups is 1. The van der Waals surface area contributed by atoms with Crippen LogP contribution in [-0.2, 0) is 4.79 Å². The maximum absolute atomic E-state index is 13.4. The van der Waals surface area contributed by atoms with E-state index >= 15 is 0 Å². The molecule has 8 nitrogen and oxygen atoms in total. The summed E-state index contributed by atoms with van der Waals surface area (Å²) in [7, 11) is 0. The number of aryl methyl sites for hydroxylation is 2. The molecule has 3 aromatic rings. The third kappa shape index (κ3) is 4.22. The van der Waals surface area contributed by atoms with Crippen LogP contribution >= 0.6 is 23.1 Å². The predicted octanol–water partition coefficient (Wildman–Crippen LogP) is 4.83. The van der Waals surface area contributed by atoms with Gasteiger partial charge in [0, 0.05) is 17.0 Å². The Morgan fingerprint density at radius 3 is 2.74 bits per heavy atom. The highest BCUT2D eigenvalue weighted by molar-refractivity contribution is 7.99. The quantitative estimate of drug-likeness (QED) is 0.245. The van der Waals surface area contributed by atoms with Crippen molar-refractivity contribution in [2.24, 2.45) is 0 Å². The Morgan fingerprint density at radius 2 is 2.03 bits per heavy atom. The van der Waals surface area contributed by atoms with Gasteiger partial charge < -0.3 is 5.32 Å². The van der Waals surface area contributed by atoms with Crippen molar-refractivity contribution in [2.75, 3.05) is 11.1 Å². The van der Waals surface area contributed by atoms with Gasteiger partial charge in [0.2, 0.25) is 5.91 Å². The summed E-state index contributed by atoms with van der Waals surface area (Å²) in [4.78, 5) is 43.0. The maximum Gasteiger partial charge on any atom is 0.292 e. The van der Waals surface area contributed by atoms with Gasteiger partial charge in [0.1, 0.15) is 10.5 Å². The fourth-order valence-electron chi connectivity index (χ4n) is 3.93. The van der Waals surface area contributed by atoms with Crippen molar-refractivity contribution < 1.29 is 9.72 Å². The van der Waals surface area contributed by atoms with Gasteiger partial charge in [-0.25, -0.2) is 4.98 Å². The summed E-state index contributed by atoms with van der Waals surface area (Å²) >= 11 is 2.68. The van der Waals surface area contributed by atoms with E-state index in [0.717, 1.165) is 36.1 Å². The third-order valence-corrected chi connectivity index (χ3v) is 7.65. The molecule has 1 aromatic carbocycles. The van der Waals surface area contributed by atoms with Crippen molar-refractivity contribution in [3.8, 4) is 0 Å². The van der Waals surface area contributed by atoms with Gasteiger partial charge in [0.05, 0.1) is 16.1 Å². The highest BCUT2D eigenvalue weighted by Crippen LogP contribution is 2.34. The fraction of sp³-hybridized carbons (Fsp3) is 0.381. The standard InChI is InChI=1S/C21H22N4O4S2/c1-12-13(2)31-19-18(12)20(27)24(14-7-3-4-8-14)21(23-19)30-11-17(26)22-15-9-5-6-10-16(15)25(28)29/h5-6,9-10,14H,3-4,7-8,11H2,1-2H3,(H,22,26). The number of nitro benzene ring substituents is 1. The first-order chi connectivity index (χ1) is 14.9. The van der Waals surface area contributed by atoms with Crippen LogP contribution in [-0.4, -0.2) is 26.1 Å². The maximum atomic E-state index is 13.4. The van der Waals surface area contributed by atoms with E-state index in [1.54, 1.807) is 16.7 Å². The van der Waals surface area contributed by atoms with Crippen LogP contribution in [0.1, 0.15) is 42.2 Å². The number of amides is 1. The number of anilines is 1. The number of para-hydroxylation sites is 2. The number of nitrogens with one attached hydrogen (secondary N) is 1. The SMILES string of the molecule is Cc1sc2nc(SCC(=O)Nc3ccccc3[N+](=O)[O-])n(C3CCCC3)c(=O)c2c1C. The van der Waals surface area contributed by atoms with Crippen LogP contribution in [0.3, 0.4) is 0 Å². The van der Waals surface area contributed by atoms with Gasteiger partial charge in [0.25, 0.3) is 11.2 Å². The molecule has 1 aliphatic rings. The third-order valence-electron chi connectivity index (χ3n) is 5.60. The topological polar surface area (TPSA) is 107 Å². The highest BCUT2D eigenvalue weighted by Gasteiger charge is 2.25. The van der Waals surface area contributed by atoms with E-state index in [2.05, 4.69) is 5.32 Å². The van der Waals surface area contributed by atoms with Gasteiger partial charge in [-0.2, -0.15) is 0 Å². The summed E-state index contributed by atoms with van der Waals surface area (Å²) in [5, 5.41) is 15.0. The summed E-state index contributed by atoms with van der Waals surface area (Å²) in [6, 6.07) is 6.11. The Labute approximate surface area is 186 Å². The van der Waals surface area contributed by atoms with Crippen molar-refractivity contribution in [1.82, 2.24) is 9.55 Å². The zero-order valence-electron chi connectivity index (χ0n) is 17.2. The van der Waals surface area contributed by atoms with E-state index in [-0.39, 0.29) is 34.6 Å². The molecule has 0 atom stereocenters. The number of carbonyl (C=O) groups excluding carboxylic acids is 1. The van der Waals surface area contributed by atoms with Crippen LogP contribution < -0.4 is 10.9 Å². The van der Waals surface area contributed by atoms with E-state index in [1.165, 1.54) is 35.2 Å². The first-order valence-electron chi connectivity index (χ1n) is 10.0. The largest absolute Gasteiger partial charge is 0.320 e. The minimum absolute atomic E-state index is 0.0000543. The van der Waals surface area contributed by atoms with Crippen LogP contribution in [0, 0.1) is 24.0 Å². The summed E-state index contributed by atoms with van der Waals surface area (Å²) in [5.41, 5.74) is 0.919. The van der Waals surface area contributed by atoms with Crippen molar-refractivity contribution in [1.29, 1.82) is 0 Å². The molecule has 0 aliphatic heterocycles. The van der Waals surface area contributed by atoms with Gasteiger partial charge in [-0.15, -0.1) is 11.3 Å². The lowest BCUT2D eigenvalue weighted by Crippen LogP contribution is -2.27. The molecule has 31 heavy (non-hydrogen) atoms. The van der Waals surface area contributed by atoms with E-state index in [1.807, 2.05) is 13.8 Å². The molecule has 2 heterocycles. The Morgan fingerprint density at radius 1 is 1.32 bits per heavy atom. The minimum Gasteiger partial charge on any atom is -0.320 e. The fourth-order valence-corrected chi connectivity index (χ4v) is 5.87. The molecular weight excluding hydrogens is 436 g/mol. The van der Waals surface area contributed by atoms with Gasteiger partial charge in [-0.05, 0) is 38.3 Å². The molecule has 1 N–H and O–H groups in total. The Bertz CT molecular complexity index is 1230. The molecule has 1 saturated carbocycles. The van der Waals surface area contributed by atoms with Crippen LogP contribution in [0.4, 0.5) is 11.4 Å². The van der Waals surface area contributed by atoms with E-state index in [4.69, 9.17) is 4.98 Å². The van der Waals surface area contributed by atoms with Crippen LogP contribution in [0.25, 0.3) is 10.2 Å². The molecule has 0 unspecified atom stereocenters.